The molecule has 2 aromatic rings. The van der Waals surface area contributed by atoms with Crippen LogP contribution in [-0.4, -0.2) is 63.8 Å². The van der Waals surface area contributed by atoms with Crippen LogP contribution in [0.3, 0.4) is 0 Å². The monoisotopic (exact) mass is 443 g/mol. The minimum Gasteiger partial charge on any atom is -0.368 e. The molecule has 1 aromatic carbocycles. The Bertz CT molecular complexity index is 997. The molecule has 1 aromatic heterocycles. The first kappa shape index (κ1) is 21.2. The lowest BCUT2D eigenvalue weighted by atomic mass is 9.93. The summed E-state index contributed by atoms with van der Waals surface area (Å²) in [6.07, 6.45) is 4.07. The number of carbonyl (C=O) groups is 3. The number of hydrogen-bond donors (Lipinski definition) is 1. The number of rotatable bonds is 4. The molecule has 2 N–H and O–H groups in total. The molecule has 0 aliphatic carbocycles. The number of anilines is 1. The third-order valence-corrected chi connectivity index (χ3v) is 5.73. The minimum absolute atomic E-state index is 0.115. The molecule has 1 atom stereocenters. The topological polar surface area (TPSA) is 119 Å². The highest BCUT2D eigenvalue weighted by Crippen LogP contribution is 2.36. The number of nitrogens with two attached hydrogens (primary N) is 1. The standard InChI is InChI=1S/C21H22ClN5O4/c22-14-6-4-13(5-7-14)15-9-24-21(23)25-20(15)16-3-1-2-8-26(16)17(28)10-27-18(29)11-31-12-19(27)30/h4-7,9,16H,1-3,8,10-12H2,(H2,23,24,25)/t16-/m1/s1. The Morgan fingerprint density at radius 3 is 2.58 bits per heavy atom. The number of amides is 3. The molecule has 0 bridgehead atoms. The van der Waals surface area contributed by atoms with E-state index in [1.165, 1.54) is 0 Å². The molecule has 0 unspecified atom stereocenters. The van der Waals surface area contributed by atoms with Crippen molar-refractivity contribution < 1.29 is 19.1 Å². The van der Waals surface area contributed by atoms with Gasteiger partial charge in [-0.15, -0.1) is 0 Å². The molecule has 10 heteroatoms. The van der Waals surface area contributed by atoms with Gasteiger partial charge in [0.25, 0.3) is 11.8 Å². The number of hydrogen-bond acceptors (Lipinski definition) is 7. The fraction of sp³-hybridized carbons (Fsp3) is 0.381. The van der Waals surface area contributed by atoms with E-state index in [1.807, 2.05) is 12.1 Å². The van der Waals surface area contributed by atoms with Gasteiger partial charge in [0.15, 0.2) is 0 Å². The molecule has 162 valence electrons. The predicted octanol–water partition coefficient (Wildman–Crippen LogP) is 1.82. The number of nitrogen functional groups attached to an aromatic ring is 1. The van der Waals surface area contributed by atoms with Gasteiger partial charge in [0.1, 0.15) is 19.8 Å². The van der Waals surface area contributed by atoms with Gasteiger partial charge >= 0.3 is 0 Å². The largest absolute Gasteiger partial charge is 0.368 e. The molecule has 3 amide bonds. The lowest BCUT2D eigenvalue weighted by molar-refractivity contribution is -0.162. The lowest BCUT2D eigenvalue weighted by Crippen LogP contribution is -2.52. The summed E-state index contributed by atoms with van der Waals surface area (Å²) in [5.74, 6) is -1.21. The molecule has 3 heterocycles. The van der Waals surface area contributed by atoms with Crippen molar-refractivity contribution in [2.75, 3.05) is 32.0 Å². The van der Waals surface area contributed by atoms with Crippen LogP contribution in [0.15, 0.2) is 30.5 Å². The second kappa shape index (κ2) is 8.99. The Labute approximate surface area is 184 Å². The zero-order valence-corrected chi connectivity index (χ0v) is 17.5. The number of morpholine rings is 1. The van der Waals surface area contributed by atoms with E-state index in [0.29, 0.717) is 23.7 Å². The summed E-state index contributed by atoms with van der Waals surface area (Å²) in [5, 5.41) is 0.607. The molecule has 0 spiro atoms. The van der Waals surface area contributed by atoms with Gasteiger partial charge in [0.05, 0.1) is 11.7 Å². The molecule has 31 heavy (non-hydrogen) atoms. The average Bonchev–Trinajstić information content (AvgIpc) is 2.77. The molecule has 2 aliphatic rings. The second-order valence-corrected chi connectivity index (χ2v) is 7.94. The third kappa shape index (κ3) is 4.52. The Balaban J connectivity index is 1.65. The number of carbonyl (C=O) groups excluding carboxylic acids is 3. The molecular formula is C21H22ClN5O4. The summed E-state index contributed by atoms with van der Waals surface area (Å²) in [5.41, 5.74) is 8.14. The number of piperidine rings is 1. The number of halogens is 1. The molecule has 2 aliphatic heterocycles. The van der Waals surface area contributed by atoms with Gasteiger partial charge in [-0.1, -0.05) is 23.7 Å². The smallest absolute Gasteiger partial charge is 0.255 e. The van der Waals surface area contributed by atoms with E-state index in [2.05, 4.69) is 9.97 Å². The van der Waals surface area contributed by atoms with Crippen LogP contribution in [0.4, 0.5) is 5.95 Å². The van der Waals surface area contributed by atoms with E-state index in [0.717, 1.165) is 28.9 Å². The van der Waals surface area contributed by atoms with Crippen molar-refractivity contribution in [1.29, 1.82) is 0 Å². The molecular weight excluding hydrogens is 422 g/mol. The third-order valence-electron chi connectivity index (χ3n) is 5.48. The average molecular weight is 444 g/mol. The highest BCUT2D eigenvalue weighted by atomic mass is 35.5. The van der Waals surface area contributed by atoms with Gasteiger partial charge in [-0.25, -0.2) is 9.97 Å². The first-order valence-corrected chi connectivity index (χ1v) is 10.4. The summed E-state index contributed by atoms with van der Waals surface area (Å²) < 4.78 is 4.92. The number of imide groups is 1. The Kier molecular flexibility index (Phi) is 6.15. The Hall–Kier alpha value is -3.04. The SMILES string of the molecule is Nc1ncc(-c2ccc(Cl)cc2)c([C@H]2CCCCN2C(=O)CN2C(=O)COCC2=O)n1. The van der Waals surface area contributed by atoms with Crippen LogP contribution in [0, 0.1) is 0 Å². The van der Waals surface area contributed by atoms with E-state index in [1.54, 1.807) is 23.2 Å². The van der Waals surface area contributed by atoms with Crippen LogP contribution >= 0.6 is 11.6 Å². The van der Waals surface area contributed by atoms with Gasteiger partial charge in [0.2, 0.25) is 11.9 Å². The Morgan fingerprint density at radius 2 is 1.87 bits per heavy atom. The van der Waals surface area contributed by atoms with Gasteiger partial charge in [0, 0.05) is 23.3 Å². The highest BCUT2D eigenvalue weighted by molar-refractivity contribution is 6.30. The fourth-order valence-electron chi connectivity index (χ4n) is 3.95. The van der Waals surface area contributed by atoms with Gasteiger partial charge in [-0.2, -0.15) is 0 Å². The maximum Gasteiger partial charge on any atom is 0.255 e. The van der Waals surface area contributed by atoms with Crippen molar-refractivity contribution in [3.8, 4) is 11.1 Å². The van der Waals surface area contributed by atoms with E-state index >= 15 is 0 Å². The summed E-state index contributed by atoms with van der Waals surface area (Å²) in [6.45, 7) is -0.216. The van der Waals surface area contributed by atoms with Crippen molar-refractivity contribution >= 4 is 35.3 Å². The van der Waals surface area contributed by atoms with E-state index in [-0.39, 0.29) is 37.7 Å². The molecule has 2 fully saturated rings. The minimum atomic E-state index is -0.508. The lowest BCUT2D eigenvalue weighted by Gasteiger charge is -2.37. The Morgan fingerprint density at radius 1 is 1.16 bits per heavy atom. The van der Waals surface area contributed by atoms with E-state index in [9.17, 15) is 14.4 Å². The molecule has 4 rings (SSSR count). The van der Waals surface area contributed by atoms with Crippen LogP contribution in [0.5, 0.6) is 0 Å². The maximum absolute atomic E-state index is 13.2. The molecule has 0 saturated carbocycles. The van der Waals surface area contributed by atoms with Crippen LogP contribution in [0.2, 0.25) is 5.02 Å². The zero-order valence-electron chi connectivity index (χ0n) is 16.8. The van der Waals surface area contributed by atoms with E-state index in [4.69, 9.17) is 22.1 Å². The zero-order chi connectivity index (χ0) is 22.0. The first-order valence-electron chi connectivity index (χ1n) is 10.0. The summed E-state index contributed by atoms with van der Waals surface area (Å²) in [7, 11) is 0. The normalized spacial score (nSPS) is 19.6. The number of likely N-dealkylation sites (tertiary alicyclic amines) is 1. The van der Waals surface area contributed by atoms with Crippen LogP contribution < -0.4 is 5.73 Å². The fourth-order valence-corrected chi connectivity index (χ4v) is 4.08. The van der Waals surface area contributed by atoms with Crippen molar-refractivity contribution in [2.45, 2.75) is 25.3 Å². The number of benzene rings is 1. The van der Waals surface area contributed by atoms with Gasteiger partial charge in [-0.05, 0) is 37.0 Å². The van der Waals surface area contributed by atoms with Crippen molar-refractivity contribution in [1.82, 2.24) is 19.8 Å². The van der Waals surface area contributed by atoms with Gasteiger partial charge < -0.3 is 15.4 Å². The van der Waals surface area contributed by atoms with Crippen LogP contribution in [0.25, 0.3) is 11.1 Å². The van der Waals surface area contributed by atoms with Crippen LogP contribution in [-0.2, 0) is 19.1 Å². The maximum atomic E-state index is 13.2. The molecule has 9 nitrogen and oxygen atoms in total. The second-order valence-electron chi connectivity index (χ2n) is 7.50. The summed E-state index contributed by atoms with van der Waals surface area (Å²) in [6, 6.07) is 6.93. The number of nitrogens with zero attached hydrogens (tertiary/aromatic N) is 4. The summed E-state index contributed by atoms with van der Waals surface area (Å²) >= 11 is 6.02. The quantitative estimate of drug-likeness (QED) is 0.716. The molecule has 0 radical (unpaired) electrons. The van der Waals surface area contributed by atoms with Crippen molar-refractivity contribution in [3.05, 3.63) is 41.2 Å². The van der Waals surface area contributed by atoms with Crippen LogP contribution in [0.1, 0.15) is 31.0 Å². The summed E-state index contributed by atoms with van der Waals surface area (Å²) in [4.78, 5) is 48.5. The van der Waals surface area contributed by atoms with Crippen molar-refractivity contribution in [3.63, 3.8) is 0 Å². The number of ether oxygens (including phenoxy) is 1. The van der Waals surface area contributed by atoms with Gasteiger partial charge in [-0.3, -0.25) is 19.3 Å². The highest BCUT2D eigenvalue weighted by Gasteiger charge is 2.35. The van der Waals surface area contributed by atoms with E-state index < -0.39 is 11.8 Å². The number of aromatic nitrogens is 2. The predicted molar refractivity (Wildman–Crippen MR) is 113 cm³/mol. The molecule has 2 saturated heterocycles. The van der Waals surface area contributed by atoms with Crippen molar-refractivity contribution in [2.24, 2.45) is 0 Å². The first-order chi connectivity index (χ1) is 14.9.